The van der Waals surface area contributed by atoms with Crippen LogP contribution >= 0.6 is 23.2 Å². The Hall–Kier alpha value is -2.36. The highest BCUT2D eigenvalue weighted by Crippen LogP contribution is 2.31. The van der Waals surface area contributed by atoms with Crippen molar-refractivity contribution in [3.05, 3.63) is 49.7 Å². The number of nitrogens with zero attached hydrogens (tertiary/aromatic N) is 4. The first-order valence-corrected chi connectivity index (χ1v) is 8.89. The van der Waals surface area contributed by atoms with Crippen molar-refractivity contribution >= 4 is 34.6 Å². The van der Waals surface area contributed by atoms with Crippen LogP contribution in [-0.2, 0) is 6.54 Å². The first-order chi connectivity index (χ1) is 12.4. The number of hydrogen-bond donors (Lipinski definition) is 1. The van der Waals surface area contributed by atoms with Gasteiger partial charge in [0.25, 0.3) is 5.56 Å². The van der Waals surface area contributed by atoms with E-state index in [0.717, 1.165) is 12.8 Å². The molecular formula is C18H18Cl2N4O2. The number of azo groups is 1. The van der Waals surface area contributed by atoms with Crippen LogP contribution in [0.15, 0.2) is 33.2 Å². The quantitative estimate of drug-likeness (QED) is 0.508. The zero-order valence-corrected chi connectivity index (χ0v) is 16.0. The number of aromatic nitrogens is 1. The topological polar surface area (TPSA) is 90.7 Å². The molecule has 0 saturated carbocycles. The summed E-state index contributed by atoms with van der Waals surface area (Å²) in [4.78, 5) is 12.7. The predicted octanol–water partition coefficient (Wildman–Crippen LogP) is 5.65. The average Bonchev–Trinajstić information content (AvgIpc) is 2.60. The van der Waals surface area contributed by atoms with Crippen LogP contribution in [0.1, 0.15) is 37.3 Å². The lowest BCUT2D eigenvalue weighted by Crippen LogP contribution is -2.22. The van der Waals surface area contributed by atoms with Crippen molar-refractivity contribution in [1.29, 1.82) is 5.26 Å². The van der Waals surface area contributed by atoms with Crippen molar-refractivity contribution in [2.45, 2.75) is 39.7 Å². The van der Waals surface area contributed by atoms with Gasteiger partial charge in [-0.1, -0.05) is 43.0 Å². The van der Waals surface area contributed by atoms with Crippen molar-refractivity contribution in [2.24, 2.45) is 10.2 Å². The highest BCUT2D eigenvalue weighted by molar-refractivity contribution is 6.36. The van der Waals surface area contributed by atoms with Gasteiger partial charge in [-0.15, -0.1) is 10.2 Å². The molecule has 0 amide bonds. The third kappa shape index (κ3) is 4.24. The molecule has 136 valence electrons. The molecule has 1 N–H and O–H groups in total. The van der Waals surface area contributed by atoms with E-state index in [1.807, 2.05) is 13.0 Å². The molecule has 0 aliphatic carbocycles. The number of benzene rings is 1. The molecule has 0 spiro atoms. The van der Waals surface area contributed by atoms with Crippen molar-refractivity contribution in [3.63, 3.8) is 0 Å². The standard InChI is InChI=1S/C18H18Cl2N4O2/c1-3-4-5-8-24-17(25)13(10-21)11(2)16(18(24)26)23-22-15-7-6-12(19)9-14(15)20/h6-7,9,25H,3-5,8H2,1-2H3. The molecule has 0 radical (unpaired) electrons. The summed E-state index contributed by atoms with van der Waals surface area (Å²) in [6.45, 7) is 3.89. The summed E-state index contributed by atoms with van der Waals surface area (Å²) in [6.07, 6.45) is 2.57. The lowest BCUT2D eigenvalue weighted by Gasteiger charge is -2.12. The minimum absolute atomic E-state index is 0.00173. The minimum Gasteiger partial charge on any atom is -0.493 e. The van der Waals surface area contributed by atoms with E-state index in [0.29, 0.717) is 28.7 Å². The Bertz CT molecular complexity index is 946. The van der Waals surface area contributed by atoms with Gasteiger partial charge in [0.2, 0.25) is 5.88 Å². The van der Waals surface area contributed by atoms with Gasteiger partial charge in [-0.3, -0.25) is 9.36 Å². The van der Waals surface area contributed by atoms with E-state index in [1.54, 1.807) is 19.1 Å². The number of hydrogen-bond acceptors (Lipinski definition) is 5. The van der Waals surface area contributed by atoms with E-state index < -0.39 is 5.56 Å². The first-order valence-electron chi connectivity index (χ1n) is 8.14. The summed E-state index contributed by atoms with van der Waals surface area (Å²) in [7, 11) is 0. The molecule has 0 aliphatic rings. The van der Waals surface area contributed by atoms with Gasteiger partial charge in [-0.25, -0.2) is 0 Å². The second-order valence-electron chi connectivity index (χ2n) is 5.74. The first kappa shape index (κ1) is 20.0. The van der Waals surface area contributed by atoms with E-state index in [1.165, 1.54) is 10.6 Å². The fourth-order valence-corrected chi connectivity index (χ4v) is 2.90. The summed E-state index contributed by atoms with van der Waals surface area (Å²) in [5.41, 5.74) is 0.137. The fraction of sp³-hybridized carbons (Fsp3) is 0.333. The number of pyridine rings is 1. The molecule has 6 nitrogen and oxygen atoms in total. The number of unbranched alkanes of at least 4 members (excludes halogenated alkanes) is 2. The van der Waals surface area contributed by atoms with Gasteiger partial charge in [-0.05, 0) is 31.5 Å². The maximum atomic E-state index is 12.7. The molecule has 1 aromatic carbocycles. The molecule has 2 aromatic rings. The number of halogens is 2. The van der Waals surface area contributed by atoms with E-state index >= 15 is 0 Å². The third-order valence-electron chi connectivity index (χ3n) is 3.92. The lowest BCUT2D eigenvalue weighted by molar-refractivity contribution is 0.398. The second kappa shape index (κ2) is 8.84. The second-order valence-corrected chi connectivity index (χ2v) is 6.59. The molecule has 0 atom stereocenters. The molecule has 1 aromatic heterocycles. The largest absolute Gasteiger partial charge is 0.493 e. The Morgan fingerprint density at radius 2 is 2.00 bits per heavy atom. The molecule has 0 bridgehead atoms. The van der Waals surface area contributed by atoms with E-state index in [2.05, 4.69) is 10.2 Å². The summed E-state index contributed by atoms with van der Waals surface area (Å²) in [5, 5.41) is 28.4. The van der Waals surface area contributed by atoms with Gasteiger partial charge in [0.1, 0.15) is 17.3 Å². The number of nitriles is 1. The molecule has 0 saturated heterocycles. The number of rotatable bonds is 6. The van der Waals surface area contributed by atoms with E-state index in [4.69, 9.17) is 23.2 Å². The minimum atomic E-state index is -0.496. The third-order valence-corrected chi connectivity index (χ3v) is 4.46. The maximum absolute atomic E-state index is 12.7. The monoisotopic (exact) mass is 392 g/mol. The van der Waals surface area contributed by atoms with Crippen LogP contribution in [0, 0.1) is 18.3 Å². The summed E-state index contributed by atoms with van der Waals surface area (Å²) >= 11 is 11.9. The Morgan fingerprint density at radius 3 is 2.62 bits per heavy atom. The van der Waals surface area contributed by atoms with Gasteiger partial charge in [0.05, 0.1) is 5.02 Å². The van der Waals surface area contributed by atoms with E-state index in [-0.39, 0.29) is 22.7 Å². The van der Waals surface area contributed by atoms with Gasteiger partial charge < -0.3 is 5.11 Å². The van der Waals surface area contributed by atoms with Crippen LogP contribution in [0.3, 0.4) is 0 Å². The molecule has 0 aliphatic heterocycles. The molecule has 8 heteroatoms. The molecule has 0 fully saturated rings. The van der Waals surface area contributed by atoms with Gasteiger partial charge >= 0.3 is 0 Å². The molecule has 0 unspecified atom stereocenters. The zero-order chi connectivity index (χ0) is 19.3. The average molecular weight is 393 g/mol. The Morgan fingerprint density at radius 1 is 1.27 bits per heavy atom. The molecule has 26 heavy (non-hydrogen) atoms. The van der Waals surface area contributed by atoms with Crippen LogP contribution in [0.4, 0.5) is 11.4 Å². The summed E-state index contributed by atoms with van der Waals surface area (Å²) < 4.78 is 1.17. The number of aromatic hydroxyl groups is 1. The van der Waals surface area contributed by atoms with Crippen molar-refractivity contribution < 1.29 is 5.11 Å². The van der Waals surface area contributed by atoms with Crippen molar-refractivity contribution in [2.75, 3.05) is 0 Å². The predicted molar refractivity (Wildman–Crippen MR) is 102 cm³/mol. The highest BCUT2D eigenvalue weighted by Gasteiger charge is 2.19. The molecule has 2 rings (SSSR count). The molecular weight excluding hydrogens is 375 g/mol. The van der Waals surface area contributed by atoms with Gasteiger partial charge in [0.15, 0.2) is 5.69 Å². The smallest absolute Gasteiger partial charge is 0.281 e. The SMILES string of the molecule is CCCCCn1c(O)c(C#N)c(C)c(N=Nc2ccc(Cl)cc2Cl)c1=O. The van der Waals surface area contributed by atoms with Crippen LogP contribution in [0.2, 0.25) is 10.0 Å². The maximum Gasteiger partial charge on any atom is 0.281 e. The van der Waals surface area contributed by atoms with E-state index in [9.17, 15) is 15.2 Å². The molecule has 1 heterocycles. The van der Waals surface area contributed by atoms with Gasteiger partial charge in [0, 0.05) is 17.1 Å². The fourth-order valence-electron chi connectivity index (χ4n) is 2.45. The van der Waals surface area contributed by atoms with Crippen LogP contribution in [0.5, 0.6) is 5.88 Å². The van der Waals surface area contributed by atoms with Crippen LogP contribution < -0.4 is 5.56 Å². The Kier molecular flexibility index (Phi) is 6.78. The van der Waals surface area contributed by atoms with Crippen LogP contribution in [-0.4, -0.2) is 9.67 Å². The van der Waals surface area contributed by atoms with Crippen molar-refractivity contribution in [3.8, 4) is 11.9 Å². The Labute approximate surface area is 161 Å². The lowest BCUT2D eigenvalue weighted by atomic mass is 10.1. The normalized spacial score (nSPS) is 11.0. The zero-order valence-electron chi connectivity index (χ0n) is 14.5. The summed E-state index contributed by atoms with van der Waals surface area (Å²) in [6, 6.07) is 6.63. The summed E-state index contributed by atoms with van der Waals surface area (Å²) in [5.74, 6) is -0.338. The Balaban J connectivity index is 2.53. The van der Waals surface area contributed by atoms with Crippen molar-refractivity contribution in [1.82, 2.24) is 4.57 Å². The van der Waals surface area contributed by atoms with Gasteiger partial charge in [-0.2, -0.15) is 5.26 Å². The highest BCUT2D eigenvalue weighted by atomic mass is 35.5. The van der Waals surface area contributed by atoms with Crippen LogP contribution in [0.25, 0.3) is 0 Å².